The van der Waals surface area contributed by atoms with Crippen molar-refractivity contribution in [2.75, 3.05) is 52.7 Å². The van der Waals surface area contributed by atoms with Crippen molar-refractivity contribution >= 4 is 19.8 Å². The molecule has 0 fully saturated rings. The van der Waals surface area contributed by atoms with Gasteiger partial charge in [-0.3, -0.25) is 13.8 Å². The maximum Gasteiger partial charge on any atom is 0.530 e. The number of ether oxygens (including phenoxy) is 3. The summed E-state index contributed by atoms with van der Waals surface area (Å²) in [5.41, 5.74) is -0.221. The molecule has 0 aliphatic heterocycles. The molecular weight excluding hydrogens is 495 g/mol. The lowest BCUT2D eigenvalue weighted by Gasteiger charge is -2.19. The van der Waals surface area contributed by atoms with Gasteiger partial charge in [0.25, 0.3) is 5.91 Å². The first-order valence-corrected chi connectivity index (χ1v) is 13.2. The fourth-order valence-corrected chi connectivity index (χ4v) is 3.79. The molecule has 0 aromatic heterocycles. The summed E-state index contributed by atoms with van der Waals surface area (Å²) in [5, 5.41) is 15.4. The molecule has 13 heteroatoms. The van der Waals surface area contributed by atoms with E-state index in [0.29, 0.717) is 31.9 Å². The van der Waals surface area contributed by atoms with Crippen LogP contribution in [0.2, 0.25) is 0 Å². The molecule has 0 spiro atoms. The predicted octanol–water partition coefficient (Wildman–Crippen LogP) is 2.95. The maximum atomic E-state index is 12.4. The molecule has 36 heavy (non-hydrogen) atoms. The lowest BCUT2D eigenvalue weighted by molar-refractivity contribution is -0.129. The van der Waals surface area contributed by atoms with Gasteiger partial charge in [0.1, 0.15) is 11.4 Å². The number of amides is 2. The van der Waals surface area contributed by atoms with Gasteiger partial charge in [0.15, 0.2) is 6.10 Å². The zero-order valence-electron chi connectivity index (χ0n) is 21.6. The van der Waals surface area contributed by atoms with Crippen LogP contribution < -0.4 is 15.2 Å². The summed E-state index contributed by atoms with van der Waals surface area (Å²) in [7, 11) is -3.73. The van der Waals surface area contributed by atoms with Crippen LogP contribution in [-0.2, 0) is 32.6 Å². The van der Waals surface area contributed by atoms with Crippen molar-refractivity contribution in [3.8, 4) is 5.75 Å². The predicted molar refractivity (Wildman–Crippen MR) is 132 cm³/mol. The van der Waals surface area contributed by atoms with Gasteiger partial charge in [0.2, 0.25) is 0 Å². The zero-order valence-corrected chi connectivity index (χ0v) is 22.5. The Kier molecular flexibility index (Phi) is 14.6. The molecule has 0 saturated carbocycles. The highest BCUT2D eigenvalue weighted by Crippen LogP contribution is 2.49. The molecule has 206 valence electrons. The van der Waals surface area contributed by atoms with Crippen molar-refractivity contribution in [3.63, 3.8) is 0 Å². The Hall–Kier alpha value is -2.21. The minimum Gasteiger partial charge on any atom is -0.444 e. The summed E-state index contributed by atoms with van der Waals surface area (Å²) in [4.78, 5) is 23.7. The van der Waals surface area contributed by atoms with Gasteiger partial charge in [0, 0.05) is 13.1 Å². The van der Waals surface area contributed by atoms with Gasteiger partial charge in [-0.1, -0.05) is 12.1 Å². The van der Waals surface area contributed by atoms with Crippen molar-refractivity contribution in [3.05, 3.63) is 29.8 Å². The number of phosphoric acid groups is 1. The molecule has 1 rings (SSSR count). The monoisotopic (exact) mass is 534 g/mol. The number of phosphoric ester groups is 1. The van der Waals surface area contributed by atoms with Crippen molar-refractivity contribution in [2.45, 2.75) is 46.3 Å². The molecule has 0 aliphatic rings. The number of aliphatic hydroxyl groups is 1. The average Bonchev–Trinajstić information content (AvgIpc) is 2.79. The van der Waals surface area contributed by atoms with Gasteiger partial charge >= 0.3 is 13.9 Å². The van der Waals surface area contributed by atoms with Crippen molar-refractivity contribution in [1.82, 2.24) is 10.6 Å². The van der Waals surface area contributed by atoms with E-state index in [0.717, 1.165) is 0 Å². The highest BCUT2D eigenvalue weighted by molar-refractivity contribution is 7.48. The Bertz CT molecular complexity index is 819. The van der Waals surface area contributed by atoms with Crippen LogP contribution in [0.4, 0.5) is 4.79 Å². The molecule has 1 aromatic rings. The Balaban J connectivity index is 2.22. The van der Waals surface area contributed by atoms with Gasteiger partial charge in [0.05, 0.1) is 39.6 Å². The first-order chi connectivity index (χ1) is 17.0. The molecule has 0 saturated heterocycles. The van der Waals surface area contributed by atoms with E-state index in [9.17, 15) is 19.3 Å². The molecule has 1 aromatic carbocycles. The van der Waals surface area contributed by atoms with E-state index in [1.165, 1.54) is 24.3 Å². The molecule has 0 bridgehead atoms. The average molecular weight is 535 g/mol. The second-order valence-electron chi connectivity index (χ2n) is 8.29. The molecule has 0 heterocycles. The Labute approximate surface area is 212 Å². The lowest BCUT2D eigenvalue weighted by Crippen LogP contribution is -2.34. The number of hydrogen-bond acceptors (Lipinski definition) is 10. The van der Waals surface area contributed by atoms with Gasteiger partial charge in [-0.15, -0.1) is 0 Å². The third-order valence-corrected chi connectivity index (χ3v) is 5.65. The third kappa shape index (κ3) is 13.8. The third-order valence-electron chi connectivity index (χ3n) is 4.07. The molecule has 0 radical (unpaired) electrons. The molecule has 12 nitrogen and oxygen atoms in total. The second kappa shape index (κ2) is 16.5. The van der Waals surface area contributed by atoms with Crippen LogP contribution in [0.3, 0.4) is 0 Å². The normalized spacial score (nSPS) is 12.6. The van der Waals surface area contributed by atoms with E-state index < -0.39 is 31.5 Å². The minimum absolute atomic E-state index is 0.151. The van der Waals surface area contributed by atoms with Crippen LogP contribution in [0.15, 0.2) is 24.3 Å². The van der Waals surface area contributed by atoms with Crippen LogP contribution in [0, 0.1) is 0 Å². The number of benzene rings is 1. The van der Waals surface area contributed by atoms with Crippen molar-refractivity contribution in [2.24, 2.45) is 0 Å². The second-order valence-corrected chi connectivity index (χ2v) is 9.88. The van der Waals surface area contributed by atoms with E-state index in [1.54, 1.807) is 34.6 Å². The van der Waals surface area contributed by atoms with Crippen LogP contribution in [-0.4, -0.2) is 75.4 Å². The molecular formula is C23H39N2O10P. The van der Waals surface area contributed by atoms with Gasteiger partial charge < -0.3 is 34.5 Å². The van der Waals surface area contributed by atoms with E-state index in [2.05, 4.69) is 10.6 Å². The smallest absolute Gasteiger partial charge is 0.444 e. The van der Waals surface area contributed by atoms with Gasteiger partial charge in [-0.2, -0.15) is 0 Å². The fourth-order valence-electron chi connectivity index (χ4n) is 2.60. The molecule has 1 unspecified atom stereocenters. The topological polar surface area (TPSA) is 151 Å². The summed E-state index contributed by atoms with van der Waals surface area (Å²) in [6, 6.07) is 5.88. The quantitative estimate of drug-likeness (QED) is 0.201. The number of hydrogen-bond donors (Lipinski definition) is 3. The molecule has 2 amide bonds. The summed E-state index contributed by atoms with van der Waals surface area (Å²) < 4.78 is 43.7. The van der Waals surface area contributed by atoms with Crippen LogP contribution in [0.5, 0.6) is 5.75 Å². The van der Waals surface area contributed by atoms with Crippen LogP contribution in [0.1, 0.15) is 46.3 Å². The zero-order chi connectivity index (χ0) is 27.0. The summed E-state index contributed by atoms with van der Waals surface area (Å²) in [6.07, 6.45) is -1.90. The molecule has 0 aliphatic carbocycles. The largest absolute Gasteiger partial charge is 0.530 e. The number of carbonyl (C=O) groups is 2. The SMILES string of the molecule is CCOP(=O)(OCC)Oc1ccc(C(O)C(=O)NCCOCCOCCNC(=O)OC(C)(C)C)cc1. The lowest BCUT2D eigenvalue weighted by atomic mass is 10.1. The van der Waals surface area contributed by atoms with Gasteiger partial charge in [-0.25, -0.2) is 9.36 Å². The maximum absolute atomic E-state index is 12.4. The number of rotatable bonds is 17. The minimum atomic E-state index is -3.73. The Morgan fingerprint density at radius 1 is 0.917 bits per heavy atom. The first-order valence-electron chi connectivity index (χ1n) is 11.8. The summed E-state index contributed by atoms with van der Waals surface area (Å²) in [5.74, 6) is -0.376. The number of aliphatic hydroxyl groups excluding tert-OH is 1. The van der Waals surface area contributed by atoms with Gasteiger partial charge in [-0.05, 0) is 52.3 Å². The molecule has 1 atom stereocenters. The highest BCUT2D eigenvalue weighted by Gasteiger charge is 2.27. The number of nitrogens with one attached hydrogen (secondary N) is 2. The highest BCUT2D eigenvalue weighted by atomic mass is 31.2. The van der Waals surface area contributed by atoms with E-state index >= 15 is 0 Å². The number of carbonyl (C=O) groups excluding carboxylic acids is 2. The summed E-state index contributed by atoms with van der Waals surface area (Å²) in [6.45, 7) is 10.7. The van der Waals surface area contributed by atoms with E-state index in [1.807, 2.05) is 0 Å². The van der Waals surface area contributed by atoms with Crippen molar-refractivity contribution in [1.29, 1.82) is 0 Å². The standard InChI is InChI=1S/C23H39N2O10P/c1-6-32-36(29,33-7-2)35-19-10-8-18(9-11-19)20(26)21(27)24-12-14-30-16-17-31-15-13-25-22(28)34-23(3,4)5/h8-11,20,26H,6-7,12-17H2,1-5H3,(H,24,27)(H,25,28). The Morgan fingerprint density at radius 2 is 1.44 bits per heavy atom. The van der Waals surface area contributed by atoms with Crippen LogP contribution >= 0.6 is 7.82 Å². The van der Waals surface area contributed by atoms with Crippen LogP contribution in [0.25, 0.3) is 0 Å². The summed E-state index contributed by atoms with van der Waals surface area (Å²) >= 11 is 0. The van der Waals surface area contributed by atoms with E-state index in [4.69, 9.17) is 27.8 Å². The fraction of sp³-hybridized carbons (Fsp3) is 0.652. The first kappa shape index (κ1) is 31.8. The number of alkyl carbamates (subject to hydrolysis) is 1. The van der Waals surface area contributed by atoms with Crippen molar-refractivity contribution < 1.29 is 47.0 Å². The molecule has 3 N–H and O–H groups in total. The Morgan fingerprint density at radius 3 is 1.94 bits per heavy atom. The van der Waals surface area contributed by atoms with E-state index in [-0.39, 0.29) is 32.1 Å².